The van der Waals surface area contributed by atoms with Crippen LogP contribution in [0.4, 0.5) is 11.4 Å². The van der Waals surface area contributed by atoms with Crippen molar-refractivity contribution in [3.8, 4) is 0 Å². The average molecular weight is 318 g/mol. The molecule has 0 aromatic heterocycles. The van der Waals surface area contributed by atoms with E-state index in [0.29, 0.717) is 0 Å². The number of non-ortho nitro benzene ring substituents is 1. The van der Waals surface area contributed by atoms with Crippen molar-refractivity contribution in [3.63, 3.8) is 0 Å². The Morgan fingerprint density at radius 3 is 2.60 bits per heavy atom. The lowest BCUT2D eigenvalue weighted by atomic mass is 10.2. The molecule has 2 rings (SSSR count). The Morgan fingerprint density at radius 1 is 1.33 bits per heavy atom. The predicted octanol–water partition coefficient (Wildman–Crippen LogP) is 2.80. The fourth-order valence-corrected chi connectivity index (χ4v) is 2.49. The lowest BCUT2D eigenvalue weighted by molar-refractivity contribution is -0.384. The number of anilines is 1. The van der Waals surface area contributed by atoms with Crippen LogP contribution in [-0.4, -0.2) is 18.0 Å². The van der Waals surface area contributed by atoms with Crippen molar-refractivity contribution in [1.82, 2.24) is 0 Å². The summed E-state index contributed by atoms with van der Waals surface area (Å²) in [5.41, 5.74) is 1.18. The van der Waals surface area contributed by atoms with Gasteiger partial charge in [0.25, 0.3) is 5.69 Å². The van der Waals surface area contributed by atoms with Gasteiger partial charge >= 0.3 is 0 Å². The van der Waals surface area contributed by atoms with Gasteiger partial charge in [-0.05, 0) is 41.5 Å². The maximum Gasteiger partial charge on any atom is 0.271 e. The van der Waals surface area contributed by atoms with E-state index < -0.39 is 0 Å². The van der Waals surface area contributed by atoms with E-state index in [1.807, 2.05) is 6.07 Å². The monoisotopic (exact) mass is 318 g/mol. The molecule has 0 aliphatic carbocycles. The van der Waals surface area contributed by atoms with Crippen molar-refractivity contribution < 1.29 is 4.92 Å². The van der Waals surface area contributed by atoms with Crippen LogP contribution in [0.15, 0.2) is 18.2 Å². The van der Waals surface area contributed by atoms with Crippen molar-refractivity contribution in [2.75, 3.05) is 18.0 Å². The van der Waals surface area contributed by atoms with Crippen molar-refractivity contribution in [2.45, 2.75) is 12.8 Å². The molecule has 1 saturated heterocycles. The molecule has 15 heavy (non-hydrogen) atoms. The fourth-order valence-electron chi connectivity index (χ4n) is 1.81. The molecular weight excluding hydrogens is 307 g/mol. The SMILES string of the molecule is O=[N+]([O-])c1ccc(I)c(N2CCCC2)c1. The molecule has 1 fully saturated rings. The van der Waals surface area contributed by atoms with E-state index in [1.54, 1.807) is 12.1 Å². The summed E-state index contributed by atoms with van der Waals surface area (Å²) in [4.78, 5) is 12.5. The third kappa shape index (κ3) is 2.22. The Labute approximate surface area is 102 Å². The van der Waals surface area contributed by atoms with Gasteiger partial charge in [-0.25, -0.2) is 0 Å². The third-order valence-corrected chi connectivity index (χ3v) is 3.50. The van der Waals surface area contributed by atoms with Crippen LogP contribution < -0.4 is 4.90 Å². The summed E-state index contributed by atoms with van der Waals surface area (Å²) in [5, 5.41) is 10.7. The quantitative estimate of drug-likeness (QED) is 0.478. The average Bonchev–Trinajstić information content (AvgIpc) is 2.71. The summed E-state index contributed by atoms with van der Waals surface area (Å²) in [6, 6.07) is 5.04. The van der Waals surface area contributed by atoms with E-state index in [-0.39, 0.29) is 10.6 Å². The number of nitro benzene ring substituents is 1. The van der Waals surface area contributed by atoms with E-state index in [0.717, 1.165) is 22.3 Å². The molecule has 1 aliphatic rings. The van der Waals surface area contributed by atoms with Crippen LogP contribution in [0.2, 0.25) is 0 Å². The highest BCUT2D eigenvalue weighted by Crippen LogP contribution is 2.29. The molecule has 0 bridgehead atoms. The summed E-state index contributed by atoms with van der Waals surface area (Å²) in [7, 11) is 0. The number of nitro groups is 1. The highest BCUT2D eigenvalue weighted by atomic mass is 127. The zero-order valence-corrected chi connectivity index (χ0v) is 10.3. The third-order valence-electron chi connectivity index (χ3n) is 2.59. The molecule has 0 saturated carbocycles. The lowest BCUT2D eigenvalue weighted by Crippen LogP contribution is -2.18. The van der Waals surface area contributed by atoms with Crippen LogP contribution in [0.5, 0.6) is 0 Å². The molecule has 1 aromatic rings. The van der Waals surface area contributed by atoms with Gasteiger partial charge < -0.3 is 4.90 Å². The topological polar surface area (TPSA) is 46.4 Å². The van der Waals surface area contributed by atoms with Gasteiger partial charge in [-0.1, -0.05) is 0 Å². The molecule has 0 radical (unpaired) electrons. The standard InChI is InChI=1S/C10H11IN2O2/c11-9-4-3-8(13(14)15)7-10(9)12-5-1-2-6-12/h3-4,7H,1-2,5-6H2. The van der Waals surface area contributed by atoms with Gasteiger partial charge in [0.1, 0.15) is 0 Å². The number of benzene rings is 1. The van der Waals surface area contributed by atoms with Gasteiger partial charge in [-0.15, -0.1) is 0 Å². The molecule has 0 spiro atoms. The molecule has 0 N–H and O–H groups in total. The maximum absolute atomic E-state index is 10.7. The first kappa shape index (κ1) is 10.7. The van der Waals surface area contributed by atoms with E-state index in [9.17, 15) is 10.1 Å². The Balaban J connectivity index is 2.35. The highest BCUT2D eigenvalue weighted by Gasteiger charge is 2.17. The van der Waals surface area contributed by atoms with Crippen LogP contribution >= 0.6 is 22.6 Å². The van der Waals surface area contributed by atoms with Gasteiger partial charge in [0.15, 0.2) is 0 Å². The number of hydrogen-bond donors (Lipinski definition) is 0. The van der Waals surface area contributed by atoms with Gasteiger partial charge in [0.05, 0.1) is 10.6 Å². The molecule has 0 atom stereocenters. The van der Waals surface area contributed by atoms with Crippen molar-refractivity contribution in [1.29, 1.82) is 0 Å². The number of halogens is 1. The zero-order valence-electron chi connectivity index (χ0n) is 8.15. The van der Waals surface area contributed by atoms with Gasteiger partial charge in [-0.2, -0.15) is 0 Å². The minimum atomic E-state index is -0.338. The van der Waals surface area contributed by atoms with Gasteiger partial charge in [0.2, 0.25) is 0 Å². The molecule has 1 aliphatic heterocycles. The smallest absolute Gasteiger partial charge is 0.271 e. The van der Waals surface area contributed by atoms with Crippen LogP contribution in [0, 0.1) is 13.7 Å². The summed E-state index contributed by atoms with van der Waals surface area (Å²) < 4.78 is 1.08. The van der Waals surface area contributed by atoms with Crippen LogP contribution in [0.3, 0.4) is 0 Å². The second-order valence-electron chi connectivity index (χ2n) is 3.59. The first-order valence-corrected chi connectivity index (χ1v) is 5.95. The normalized spacial score (nSPS) is 15.7. The van der Waals surface area contributed by atoms with Crippen LogP contribution in [-0.2, 0) is 0 Å². The number of hydrogen-bond acceptors (Lipinski definition) is 3. The van der Waals surface area contributed by atoms with Crippen molar-refractivity contribution in [2.24, 2.45) is 0 Å². The molecule has 1 heterocycles. The number of nitrogens with zero attached hydrogens (tertiary/aromatic N) is 2. The second-order valence-corrected chi connectivity index (χ2v) is 4.75. The fraction of sp³-hybridized carbons (Fsp3) is 0.400. The van der Waals surface area contributed by atoms with E-state index in [4.69, 9.17) is 0 Å². The van der Waals surface area contributed by atoms with E-state index in [2.05, 4.69) is 27.5 Å². The van der Waals surface area contributed by atoms with Crippen LogP contribution in [0.1, 0.15) is 12.8 Å². The number of rotatable bonds is 2. The first-order chi connectivity index (χ1) is 7.18. The minimum Gasteiger partial charge on any atom is -0.370 e. The molecule has 80 valence electrons. The molecular formula is C10H11IN2O2. The van der Waals surface area contributed by atoms with Crippen LogP contribution in [0.25, 0.3) is 0 Å². The van der Waals surface area contributed by atoms with Gasteiger partial charge in [0, 0.05) is 28.8 Å². The van der Waals surface area contributed by atoms with E-state index >= 15 is 0 Å². The highest BCUT2D eigenvalue weighted by molar-refractivity contribution is 14.1. The first-order valence-electron chi connectivity index (χ1n) is 4.87. The van der Waals surface area contributed by atoms with Crippen molar-refractivity contribution in [3.05, 3.63) is 31.9 Å². The molecule has 1 aromatic carbocycles. The lowest BCUT2D eigenvalue weighted by Gasteiger charge is -2.18. The second kappa shape index (κ2) is 4.34. The summed E-state index contributed by atoms with van der Waals surface area (Å²) >= 11 is 2.23. The summed E-state index contributed by atoms with van der Waals surface area (Å²) in [6.45, 7) is 2.02. The van der Waals surface area contributed by atoms with Gasteiger partial charge in [-0.3, -0.25) is 10.1 Å². The predicted molar refractivity (Wildman–Crippen MR) is 67.3 cm³/mol. The molecule has 0 unspecified atom stereocenters. The Hall–Kier alpha value is -0.850. The van der Waals surface area contributed by atoms with Crippen molar-refractivity contribution >= 4 is 34.0 Å². The summed E-state index contributed by atoms with van der Waals surface area (Å²) in [6.07, 6.45) is 2.36. The Morgan fingerprint density at radius 2 is 2.00 bits per heavy atom. The molecule has 0 amide bonds. The summed E-state index contributed by atoms with van der Waals surface area (Å²) in [5.74, 6) is 0. The largest absolute Gasteiger partial charge is 0.370 e. The molecule has 4 nitrogen and oxygen atoms in total. The Kier molecular flexibility index (Phi) is 3.08. The van der Waals surface area contributed by atoms with E-state index in [1.165, 1.54) is 12.8 Å². The Bertz CT molecular complexity index is 389. The zero-order chi connectivity index (χ0) is 10.8. The molecule has 5 heteroatoms. The minimum absolute atomic E-state index is 0.178. The maximum atomic E-state index is 10.7.